The molecule has 0 saturated heterocycles. The highest BCUT2D eigenvalue weighted by Crippen LogP contribution is 2.19. The summed E-state index contributed by atoms with van der Waals surface area (Å²) in [5.74, 6) is 0.833. The summed E-state index contributed by atoms with van der Waals surface area (Å²) in [4.78, 5) is 8.44. The van der Waals surface area contributed by atoms with E-state index in [9.17, 15) is 0 Å². The maximum atomic E-state index is 5.90. The zero-order chi connectivity index (χ0) is 12.6. The van der Waals surface area contributed by atoms with Gasteiger partial charge in [-0.2, -0.15) is 0 Å². The fourth-order valence-electron chi connectivity index (χ4n) is 2.36. The Labute approximate surface area is 109 Å². The number of rotatable bonds is 5. The fraction of sp³-hybridized carbons (Fsp3) is 0.714. The highest BCUT2D eigenvalue weighted by molar-refractivity contribution is 5.31. The van der Waals surface area contributed by atoms with E-state index in [-0.39, 0.29) is 0 Å². The van der Waals surface area contributed by atoms with Gasteiger partial charge in [0.25, 0.3) is 0 Å². The summed E-state index contributed by atoms with van der Waals surface area (Å²) in [5.41, 5.74) is 0.935. The lowest BCUT2D eigenvalue weighted by Gasteiger charge is -2.15. The number of nitrogens with zero attached hydrogens (tertiary/aromatic N) is 2. The molecule has 0 amide bonds. The number of anilines is 1. The van der Waals surface area contributed by atoms with Crippen molar-refractivity contribution in [2.24, 2.45) is 0 Å². The molecule has 0 aliphatic heterocycles. The molecule has 1 aliphatic rings. The van der Waals surface area contributed by atoms with E-state index in [0.29, 0.717) is 6.10 Å². The van der Waals surface area contributed by atoms with Gasteiger partial charge in [-0.3, -0.25) is 4.98 Å². The summed E-state index contributed by atoms with van der Waals surface area (Å²) >= 11 is 0. The minimum atomic E-state index is 0.470. The average molecular weight is 249 g/mol. The maximum Gasteiger partial charge on any atom is 0.144 e. The van der Waals surface area contributed by atoms with Crippen LogP contribution in [0.4, 0.5) is 5.82 Å². The van der Waals surface area contributed by atoms with Crippen LogP contribution in [0.3, 0.4) is 0 Å². The lowest BCUT2D eigenvalue weighted by atomic mass is 10.1. The Balaban J connectivity index is 1.63. The van der Waals surface area contributed by atoms with Crippen molar-refractivity contribution in [2.75, 3.05) is 18.5 Å². The van der Waals surface area contributed by atoms with Gasteiger partial charge in [0.1, 0.15) is 5.82 Å². The molecule has 0 radical (unpaired) electrons. The van der Waals surface area contributed by atoms with Crippen LogP contribution >= 0.6 is 0 Å². The van der Waals surface area contributed by atoms with Crippen LogP contribution in [-0.2, 0) is 4.74 Å². The highest BCUT2D eigenvalue weighted by atomic mass is 16.5. The number of hydrogen-bond acceptors (Lipinski definition) is 4. The van der Waals surface area contributed by atoms with Gasteiger partial charge in [0, 0.05) is 12.7 Å². The van der Waals surface area contributed by atoms with E-state index in [0.717, 1.165) is 24.7 Å². The second-order valence-electron chi connectivity index (χ2n) is 4.96. The average Bonchev–Trinajstić information content (AvgIpc) is 2.63. The van der Waals surface area contributed by atoms with Crippen LogP contribution in [0.2, 0.25) is 0 Å². The second-order valence-corrected chi connectivity index (χ2v) is 4.96. The van der Waals surface area contributed by atoms with Gasteiger partial charge in [-0.05, 0) is 19.8 Å². The first-order chi connectivity index (χ1) is 8.84. The molecular formula is C14H23N3O. The number of nitrogens with one attached hydrogen (secondary N) is 1. The summed E-state index contributed by atoms with van der Waals surface area (Å²) in [5, 5.41) is 3.24. The smallest absolute Gasteiger partial charge is 0.144 e. The van der Waals surface area contributed by atoms with E-state index in [1.807, 2.05) is 6.92 Å². The molecule has 0 unspecified atom stereocenters. The molecular weight excluding hydrogens is 226 g/mol. The predicted octanol–water partition coefficient (Wildman–Crippen LogP) is 2.94. The molecule has 18 heavy (non-hydrogen) atoms. The van der Waals surface area contributed by atoms with Crippen LogP contribution in [0.15, 0.2) is 12.4 Å². The second kappa shape index (κ2) is 7.31. The Hall–Kier alpha value is -1.16. The minimum Gasteiger partial charge on any atom is -0.376 e. The van der Waals surface area contributed by atoms with Gasteiger partial charge in [-0.1, -0.05) is 25.7 Å². The van der Waals surface area contributed by atoms with Crippen LogP contribution in [0.1, 0.15) is 44.2 Å². The van der Waals surface area contributed by atoms with Crippen LogP contribution in [-0.4, -0.2) is 29.2 Å². The van der Waals surface area contributed by atoms with Crippen molar-refractivity contribution < 1.29 is 4.74 Å². The summed E-state index contributed by atoms with van der Waals surface area (Å²) in [6.07, 6.45) is 11.8. The van der Waals surface area contributed by atoms with E-state index in [1.165, 1.54) is 38.5 Å². The summed E-state index contributed by atoms with van der Waals surface area (Å²) < 4.78 is 5.90. The molecule has 0 atom stereocenters. The number of hydrogen-bond donors (Lipinski definition) is 1. The van der Waals surface area contributed by atoms with Gasteiger partial charge in [-0.15, -0.1) is 0 Å². The maximum absolute atomic E-state index is 5.90. The molecule has 1 aliphatic carbocycles. The van der Waals surface area contributed by atoms with Crippen molar-refractivity contribution in [3.05, 3.63) is 18.1 Å². The van der Waals surface area contributed by atoms with Gasteiger partial charge < -0.3 is 10.1 Å². The van der Waals surface area contributed by atoms with Crippen molar-refractivity contribution >= 4 is 5.82 Å². The molecule has 1 aromatic rings. The van der Waals surface area contributed by atoms with Crippen LogP contribution in [0, 0.1) is 6.92 Å². The molecule has 1 fully saturated rings. The third-order valence-electron chi connectivity index (χ3n) is 3.32. The monoisotopic (exact) mass is 249 g/mol. The fourth-order valence-corrected chi connectivity index (χ4v) is 2.36. The SMILES string of the molecule is Cc1cncc(NCCOC2CCCCCC2)n1. The zero-order valence-corrected chi connectivity index (χ0v) is 11.2. The van der Waals surface area contributed by atoms with Crippen molar-refractivity contribution in [1.29, 1.82) is 0 Å². The normalized spacial score (nSPS) is 17.4. The Morgan fingerprint density at radius 2 is 2.00 bits per heavy atom. The van der Waals surface area contributed by atoms with E-state index in [4.69, 9.17) is 4.74 Å². The Bertz CT molecular complexity index is 349. The van der Waals surface area contributed by atoms with Crippen molar-refractivity contribution in [3.63, 3.8) is 0 Å². The molecule has 1 heterocycles. The molecule has 100 valence electrons. The predicted molar refractivity (Wildman–Crippen MR) is 72.7 cm³/mol. The number of aromatic nitrogens is 2. The molecule has 1 saturated carbocycles. The molecule has 4 nitrogen and oxygen atoms in total. The first-order valence-corrected chi connectivity index (χ1v) is 6.99. The quantitative estimate of drug-likeness (QED) is 0.644. The van der Waals surface area contributed by atoms with Crippen LogP contribution < -0.4 is 5.32 Å². The molecule has 1 aromatic heterocycles. The van der Waals surface area contributed by atoms with Crippen molar-refractivity contribution in [2.45, 2.75) is 51.6 Å². The van der Waals surface area contributed by atoms with E-state index < -0.39 is 0 Å². The lowest BCUT2D eigenvalue weighted by molar-refractivity contribution is 0.0501. The Kier molecular flexibility index (Phi) is 5.39. The molecule has 0 bridgehead atoms. The first kappa shape index (κ1) is 13.3. The van der Waals surface area contributed by atoms with Gasteiger partial charge in [0.2, 0.25) is 0 Å². The standard InChI is InChI=1S/C14H23N3O/c1-12-10-15-11-14(17-12)16-8-9-18-13-6-4-2-3-5-7-13/h10-11,13H,2-9H2,1H3,(H,16,17). The number of aryl methyl sites for hydroxylation is 1. The molecule has 2 rings (SSSR count). The van der Waals surface area contributed by atoms with Crippen molar-refractivity contribution in [3.8, 4) is 0 Å². The Morgan fingerprint density at radius 1 is 1.22 bits per heavy atom. The molecule has 0 spiro atoms. The van der Waals surface area contributed by atoms with Gasteiger partial charge in [-0.25, -0.2) is 4.98 Å². The summed E-state index contributed by atoms with van der Waals surface area (Å²) in [6, 6.07) is 0. The van der Waals surface area contributed by atoms with Gasteiger partial charge >= 0.3 is 0 Å². The van der Waals surface area contributed by atoms with E-state index >= 15 is 0 Å². The molecule has 4 heteroatoms. The molecule has 0 aromatic carbocycles. The lowest BCUT2D eigenvalue weighted by Crippen LogP contribution is -2.18. The third-order valence-corrected chi connectivity index (χ3v) is 3.32. The van der Waals surface area contributed by atoms with Gasteiger partial charge in [0.15, 0.2) is 0 Å². The van der Waals surface area contributed by atoms with Crippen LogP contribution in [0.25, 0.3) is 0 Å². The minimum absolute atomic E-state index is 0.470. The summed E-state index contributed by atoms with van der Waals surface area (Å²) in [6.45, 7) is 3.50. The first-order valence-electron chi connectivity index (χ1n) is 6.99. The largest absolute Gasteiger partial charge is 0.376 e. The van der Waals surface area contributed by atoms with Crippen LogP contribution in [0.5, 0.6) is 0 Å². The molecule has 1 N–H and O–H groups in total. The zero-order valence-electron chi connectivity index (χ0n) is 11.2. The van der Waals surface area contributed by atoms with Gasteiger partial charge in [0.05, 0.1) is 24.6 Å². The third kappa shape index (κ3) is 4.61. The highest BCUT2D eigenvalue weighted by Gasteiger charge is 2.11. The topological polar surface area (TPSA) is 47.0 Å². The Morgan fingerprint density at radius 3 is 2.72 bits per heavy atom. The van der Waals surface area contributed by atoms with E-state index in [1.54, 1.807) is 12.4 Å². The number of ether oxygens (including phenoxy) is 1. The van der Waals surface area contributed by atoms with E-state index in [2.05, 4.69) is 15.3 Å². The summed E-state index contributed by atoms with van der Waals surface area (Å²) in [7, 11) is 0. The van der Waals surface area contributed by atoms with Crippen molar-refractivity contribution in [1.82, 2.24) is 9.97 Å².